The SMILES string of the molecule is CN=C(NCc1cccc(NC(=O)C2CCC2)c1)NC1CCC(SC)C1. The maximum Gasteiger partial charge on any atom is 0.227 e. The predicted molar refractivity (Wildman–Crippen MR) is 111 cm³/mol. The minimum Gasteiger partial charge on any atom is -0.354 e. The largest absolute Gasteiger partial charge is 0.354 e. The number of hydrogen-bond acceptors (Lipinski definition) is 3. The molecule has 2 unspecified atom stereocenters. The van der Waals surface area contributed by atoms with E-state index in [-0.39, 0.29) is 11.8 Å². The average Bonchev–Trinajstić information content (AvgIpc) is 3.05. The Kier molecular flexibility index (Phi) is 6.83. The summed E-state index contributed by atoms with van der Waals surface area (Å²) in [6, 6.07) is 8.55. The summed E-state index contributed by atoms with van der Waals surface area (Å²) in [6.45, 7) is 0.686. The fourth-order valence-corrected chi connectivity index (χ4v) is 4.33. The summed E-state index contributed by atoms with van der Waals surface area (Å²) < 4.78 is 0. The van der Waals surface area contributed by atoms with Crippen molar-refractivity contribution in [2.75, 3.05) is 18.6 Å². The van der Waals surface area contributed by atoms with Crippen LogP contribution < -0.4 is 16.0 Å². The number of carbonyl (C=O) groups is 1. The number of nitrogens with zero attached hydrogens (tertiary/aromatic N) is 1. The fraction of sp³-hybridized carbons (Fsp3) is 0.600. The van der Waals surface area contributed by atoms with Gasteiger partial charge in [-0.05, 0) is 56.1 Å². The third-order valence-electron chi connectivity index (χ3n) is 5.41. The summed E-state index contributed by atoms with van der Waals surface area (Å²) in [5, 5.41) is 10.7. The number of benzene rings is 1. The zero-order chi connectivity index (χ0) is 18.4. The van der Waals surface area contributed by atoms with Gasteiger partial charge < -0.3 is 16.0 Å². The number of aliphatic imine (C=N–C) groups is 1. The minimum absolute atomic E-state index is 0.156. The Balaban J connectivity index is 1.48. The molecule has 0 radical (unpaired) electrons. The van der Waals surface area contributed by atoms with E-state index in [1.54, 1.807) is 0 Å². The van der Waals surface area contributed by atoms with Crippen LogP contribution in [0.2, 0.25) is 0 Å². The van der Waals surface area contributed by atoms with E-state index in [1.807, 2.05) is 37.0 Å². The van der Waals surface area contributed by atoms with E-state index in [0.717, 1.165) is 35.3 Å². The molecule has 0 bridgehead atoms. The zero-order valence-electron chi connectivity index (χ0n) is 15.8. The number of carbonyl (C=O) groups excluding carboxylic acids is 1. The van der Waals surface area contributed by atoms with Crippen molar-refractivity contribution in [1.82, 2.24) is 10.6 Å². The lowest BCUT2D eigenvalue weighted by Gasteiger charge is -2.24. The van der Waals surface area contributed by atoms with Gasteiger partial charge in [-0.3, -0.25) is 9.79 Å². The van der Waals surface area contributed by atoms with Gasteiger partial charge in [-0.1, -0.05) is 18.6 Å². The highest BCUT2D eigenvalue weighted by molar-refractivity contribution is 7.99. The monoisotopic (exact) mass is 374 g/mol. The van der Waals surface area contributed by atoms with E-state index < -0.39 is 0 Å². The first kappa shape index (κ1) is 19.1. The first-order valence-electron chi connectivity index (χ1n) is 9.57. The second-order valence-electron chi connectivity index (χ2n) is 7.26. The molecule has 2 atom stereocenters. The van der Waals surface area contributed by atoms with Crippen LogP contribution in [0.4, 0.5) is 5.69 Å². The quantitative estimate of drug-likeness (QED) is 0.528. The summed E-state index contributed by atoms with van der Waals surface area (Å²) in [7, 11) is 1.81. The van der Waals surface area contributed by atoms with Crippen LogP contribution in [-0.2, 0) is 11.3 Å². The van der Waals surface area contributed by atoms with Gasteiger partial charge in [0.1, 0.15) is 0 Å². The van der Waals surface area contributed by atoms with Gasteiger partial charge in [-0.2, -0.15) is 11.8 Å². The molecule has 6 heteroatoms. The minimum atomic E-state index is 0.156. The van der Waals surface area contributed by atoms with Crippen molar-refractivity contribution in [3.05, 3.63) is 29.8 Å². The highest BCUT2D eigenvalue weighted by Gasteiger charge is 2.25. The summed E-state index contributed by atoms with van der Waals surface area (Å²) in [5.74, 6) is 1.21. The van der Waals surface area contributed by atoms with Crippen LogP contribution in [0.3, 0.4) is 0 Å². The number of amides is 1. The topological polar surface area (TPSA) is 65.5 Å². The summed E-state index contributed by atoms with van der Waals surface area (Å²) in [5.41, 5.74) is 2.01. The van der Waals surface area contributed by atoms with Gasteiger partial charge >= 0.3 is 0 Å². The van der Waals surface area contributed by atoms with Gasteiger partial charge in [-0.25, -0.2) is 0 Å². The first-order chi connectivity index (χ1) is 12.7. The molecule has 0 aliphatic heterocycles. The number of nitrogens with one attached hydrogen (secondary N) is 3. The first-order valence-corrected chi connectivity index (χ1v) is 10.9. The van der Waals surface area contributed by atoms with Crippen LogP contribution >= 0.6 is 11.8 Å². The van der Waals surface area contributed by atoms with Crippen molar-refractivity contribution >= 4 is 29.3 Å². The van der Waals surface area contributed by atoms with Gasteiger partial charge in [0.15, 0.2) is 5.96 Å². The smallest absolute Gasteiger partial charge is 0.227 e. The Hall–Kier alpha value is -1.69. The maximum absolute atomic E-state index is 12.1. The standard InChI is InChI=1S/C20H30N4OS/c1-21-20(24-17-9-10-18(12-17)26-2)22-13-14-5-3-8-16(11-14)23-19(25)15-6-4-7-15/h3,5,8,11,15,17-18H,4,6-7,9-10,12-13H2,1-2H3,(H,23,25)(H2,21,22,24). The molecule has 142 valence electrons. The fourth-order valence-electron chi connectivity index (χ4n) is 3.53. The van der Waals surface area contributed by atoms with Crippen LogP contribution in [-0.4, -0.2) is 36.5 Å². The van der Waals surface area contributed by atoms with Crippen molar-refractivity contribution in [1.29, 1.82) is 0 Å². The van der Waals surface area contributed by atoms with Gasteiger partial charge in [-0.15, -0.1) is 0 Å². The summed E-state index contributed by atoms with van der Waals surface area (Å²) >= 11 is 1.96. The second kappa shape index (κ2) is 9.31. The van der Waals surface area contributed by atoms with Crippen molar-refractivity contribution in [3.8, 4) is 0 Å². The molecule has 2 aliphatic rings. The van der Waals surface area contributed by atoms with Crippen LogP contribution in [0.1, 0.15) is 44.1 Å². The third-order valence-corrected chi connectivity index (χ3v) is 6.51. The lowest BCUT2D eigenvalue weighted by molar-refractivity contribution is -0.122. The van der Waals surface area contributed by atoms with Gasteiger partial charge in [0.05, 0.1) is 0 Å². The van der Waals surface area contributed by atoms with Gasteiger partial charge in [0.2, 0.25) is 5.91 Å². The van der Waals surface area contributed by atoms with E-state index >= 15 is 0 Å². The van der Waals surface area contributed by atoms with Crippen LogP contribution in [0.15, 0.2) is 29.3 Å². The Morgan fingerprint density at radius 2 is 2.12 bits per heavy atom. The number of rotatable bonds is 6. The normalized spacial score (nSPS) is 23.4. The Bertz CT molecular complexity index is 644. The zero-order valence-corrected chi connectivity index (χ0v) is 16.6. The average molecular weight is 375 g/mol. The van der Waals surface area contributed by atoms with Crippen LogP contribution in [0, 0.1) is 5.92 Å². The number of hydrogen-bond donors (Lipinski definition) is 3. The van der Waals surface area contributed by atoms with E-state index in [2.05, 4.69) is 33.3 Å². The van der Waals surface area contributed by atoms with Gasteiger partial charge in [0, 0.05) is 36.5 Å². The van der Waals surface area contributed by atoms with E-state index in [1.165, 1.54) is 25.7 Å². The maximum atomic E-state index is 12.1. The van der Waals surface area contributed by atoms with E-state index in [0.29, 0.717) is 12.6 Å². The predicted octanol–water partition coefficient (Wildman–Crippen LogP) is 3.37. The second-order valence-corrected chi connectivity index (χ2v) is 8.39. The molecule has 2 aliphatic carbocycles. The highest BCUT2D eigenvalue weighted by atomic mass is 32.2. The molecule has 0 heterocycles. The molecule has 0 spiro atoms. The molecule has 3 N–H and O–H groups in total. The van der Waals surface area contributed by atoms with Crippen molar-refractivity contribution in [3.63, 3.8) is 0 Å². The number of anilines is 1. The van der Waals surface area contributed by atoms with Gasteiger partial charge in [0.25, 0.3) is 0 Å². The van der Waals surface area contributed by atoms with E-state index in [9.17, 15) is 4.79 Å². The van der Waals surface area contributed by atoms with Crippen molar-refractivity contribution < 1.29 is 4.79 Å². The van der Waals surface area contributed by atoms with E-state index in [4.69, 9.17) is 0 Å². The van der Waals surface area contributed by atoms with Crippen molar-refractivity contribution in [2.24, 2.45) is 10.9 Å². The molecule has 5 nitrogen and oxygen atoms in total. The third kappa shape index (κ3) is 5.16. The Labute approximate surface area is 160 Å². The molecule has 1 aromatic rings. The lowest BCUT2D eigenvalue weighted by atomic mass is 9.85. The highest BCUT2D eigenvalue weighted by Crippen LogP contribution is 2.28. The molecule has 1 amide bonds. The molecule has 0 aromatic heterocycles. The Morgan fingerprint density at radius 1 is 1.27 bits per heavy atom. The molecule has 3 rings (SSSR count). The molecule has 2 saturated carbocycles. The summed E-state index contributed by atoms with van der Waals surface area (Å²) in [6.07, 6.45) is 9.09. The molecule has 0 saturated heterocycles. The molecular formula is C20H30N4OS. The van der Waals surface area contributed by atoms with Crippen LogP contribution in [0.25, 0.3) is 0 Å². The van der Waals surface area contributed by atoms with Crippen LogP contribution in [0.5, 0.6) is 0 Å². The molecular weight excluding hydrogens is 344 g/mol. The number of thioether (sulfide) groups is 1. The molecule has 1 aromatic carbocycles. The molecule has 26 heavy (non-hydrogen) atoms. The number of guanidine groups is 1. The Morgan fingerprint density at radius 3 is 2.77 bits per heavy atom. The lowest BCUT2D eigenvalue weighted by Crippen LogP contribution is -2.42. The van der Waals surface area contributed by atoms with Crippen molar-refractivity contribution in [2.45, 2.75) is 56.4 Å². The summed E-state index contributed by atoms with van der Waals surface area (Å²) in [4.78, 5) is 16.5. The molecule has 2 fully saturated rings.